The second-order valence-corrected chi connectivity index (χ2v) is 4.93. The van der Waals surface area contributed by atoms with Crippen molar-refractivity contribution >= 4 is 24.1 Å². The van der Waals surface area contributed by atoms with Gasteiger partial charge in [0.1, 0.15) is 5.82 Å². The van der Waals surface area contributed by atoms with E-state index < -0.39 is 0 Å². The van der Waals surface area contributed by atoms with E-state index in [1.807, 2.05) is 36.0 Å². The van der Waals surface area contributed by atoms with Crippen molar-refractivity contribution in [2.45, 2.75) is 25.8 Å². The van der Waals surface area contributed by atoms with E-state index in [0.717, 1.165) is 31.7 Å². The van der Waals surface area contributed by atoms with Crippen LogP contribution in [-0.2, 0) is 17.8 Å². The van der Waals surface area contributed by atoms with Crippen molar-refractivity contribution in [1.82, 2.24) is 15.1 Å². The number of hydrogen-bond acceptors (Lipinski definition) is 3. The van der Waals surface area contributed by atoms with Crippen molar-refractivity contribution in [2.24, 2.45) is 0 Å². The monoisotopic (exact) mass is 322 g/mol. The SMILES string of the molecule is CNCCCC(=O)Nc1ccnn1CCc1ccccc1.Cl. The molecule has 5 nitrogen and oxygen atoms in total. The van der Waals surface area contributed by atoms with Crippen molar-refractivity contribution < 1.29 is 4.79 Å². The summed E-state index contributed by atoms with van der Waals surface area (Å²) in [5.41, 5.74) is 1.26. The van der Waals surface area contributed by atoms with Crippen LogP contribution in [-0.4, -0.2) is 29.3 Å². The first-order chi connectivity index (χ1) is 10.3. The summed E-state index contributed by atoms with van der Waals surface area (Å²) in [4.78, 5) is 11.8. The molecule has 0 bridgehead atoms. The molecular formula is C16H23ClN4O. The highest BCUT2D eigenvalue weighted by atomic mass is 35.5. The highest BCUT2D eigenvalue weighted by Crippen LogP contribution is 2.09. The van der Waals surface area contributed by atoms with E-state index in [1.165, 1.54) is 5.56 Å². The number of nitrogens with one attached hydrogen (secondary N) is 2. The fraction of sp³-hybridized carbons (Fsp3) is 0.375. The molecular weight excluding hydrogens is 300 g/mol. The van der Waals surface area contributed by atoms with Crippen molar-refractivity contribution in [3.05, 3.63) is 48.2 Å². The van der Waals surface area contributed by atoms with Crippen molar-refractivity contribution in [3.63, 3.8) is 0 Å². The van der Waals surface area contributed by atoms with Gasteiger partial charge < -0.3 is 10.6 Å². The number of halogens is 1. The number of aromatic nitrogens is 2. The van der Waals surface area contributed by atoms with E-state index in [4.69, 9.17) is 0 Å². The van der Waals surface area contributed by atoms with Gasteiger partial charge in [0.05, 0.1) is 6.20 Å². The molecule has 0 radical (unpaired) electrons. The summed E-state index contributed by atoms with van der Waals surface area (Å²) in [6.07, 6.45) is 3.96. The largest absolute Gasteiger partial charge is 0.320 e. The number of anilines is 1. The van der Waals surface area contributed by atoms with Crippen LogP contribution in [0.1, 0.15) is 18.4 Å². The first-order valence-corrected chi connectivity index (χ1v) is 7.30. The third kappa shape index (κ3) is 5.87. The Hall–Kier alpha value is -1.85. The van der Waals surface area contributed by atoms with Crippen LogP contribution < -0.4 is 10.6 Å². The van der Waals surface area contributed by atoms with Gasteiger partial charge in [-0.2, -0.15) is 5.10 Å². The highest BCUT2D eigenvalue weighted by molar-refractivity contribution is 5.89. The van der Waals surface area contributed by atoms with E-state index in [2.05, 4.69) is 27.9 Å². The zero-order valence-electron chi connectivity index (χ0n) is 12.8. The minimum absolute atomic E-state index is 0. The lowest BCUT2D eigenvalue weighted by molar-refractivity contribution is -0.116. The average Bonchev–Trinajstić information content (AvgIpc) is 2.93. The summed E-state index contributed by atoms with van der Waals surface area (Å²) in [7, 11) is 1.89. The number of amides is 1. The molecule has 0 aliphatic rings. The van der Waals surface area contributed by atoms with Crippen molar-refractivity contribution in [1.29, 1.82) is 0 Å². The normalized spacial score (nSPS) is 10.0. The Balaban J connectivity index is 0.00000242. The third-order valence-corrected chi connectivity index (χ3v) is 3.27. The van der Waals surface area contributed by atoms with Crippen LogP contribution in [0.2, 0.25) is 0 Å². The van der Waals surface area contributed by atoms with Gasteiger partial charge in [0.2, 0.25) is 5.91 Å². The third-order valence-electron chi connectivity index (χ3n) is 3.27. The Kier molecular flexibility index (Phi) is 8.25. The number of carbonyl (C=O) groups excluding carboxylic acids is 1. The van der Waals surface area contributed by atoms with E-state index in [0.29, 0.717) is 6.42 Å². The van der Waals surface area contributed by atoms with Gasteiger partial charge in [-0.15, -0.1) is 12.4 Å². The minimum Gasteiger partial charge on any atom is -0.320 e. The number of nitrogens with zero attached hydrogens (tertiary/aromatic N) is 2. The van der Waals surface area contributed by atoms with Crippen LogP contribution in [0.5, 0.6) is 0 Å². The molecule has 0 spiro atoms. The fourth-order valence-corrected chi connectivity index (χ4v) is 2.13. The zero-order chi connectivity index (χ0) is 14.9. The van der Waals surface area contributed by atoms with Gasteiger partial charge in [0, 0.05) is 19.0 Å². The molecule has 0 saturated carbocycles. The molecule has 2 N–H and O–H groups in total. The molecule has 6 heteroatoms. The van der Waals surface area contributed by atoms with Gasteiger partial charge in [0.25, 0.3) is 0 Å². The second kappa shape index (κ2) is 9.97. The second-order valence-electron chi connectivity index (χ2n) is 4.93. The molecule has 1 aromatic heterocycles. The summed E-state index contributed by atoms with van der Waals surface area (Å²) in [5.74, 6) is 0.798. The van der Waals surface area contributed by atoms with Crippen LogP contribution >= 0.6 is 12.4 Å². The maximum absolute atomic E-state index is 11.8. The number of rotatable bonds is 8. The van der Waals surface area contributed by atoms with E-state index in [-0.39, 0.29) is 18.3 Å². The predicted molar refractivity (Wildman–Crippen MR) is 91.4 cm³/mol. The number of aryl methyl sites for hydroxylation is 2. The van der Waals surface area contributed by atoms with Gasteiger partial charge in [-0.05, 0) is 32.0 Å². The average molecular weight is 323 g/mol. The predicted octanol–water partition coefficient (Wildman–Crippen LogP) is 2.49. The first kappa shape index (κ1) is 18.2. The molecule has 2 aromatic rings. The van der Waals surface area contributed by atoms with Crippen LogP contribution in [0.25, 0.3) is 0 Å². The lowest BCUT2D eigenvalue weighted by atomic mass is 10.1. The molecule has 1 heterocycles. The summed E-state index contributed by atoms with van der Waals surface area (Å²) < 4.78 is 1.84. The van der Waals surface area contributed by atoms with Gasteiger partial charge in [-0.25, -0.2) is 4.68 Å². The Bertz CT molecular complexity index is 556. The topological polar surface area (TPSA) is 59.0 Å². The Morgan fingerprint density at radius 1 is 1.23 bits per heavy atom. The standard InChI is InChI=1S/C16H22N4O.ClH/c1-17-11-5-8-16(21)19-15-9-12-18-20(15)13-10-14-6-3-2-4-7-14;/h2-4,6-7,9,12,17H,5,8,10-11,13H2,1H3,(H,19,21);1H. The molecule has 120 valence electrons. The molecule has 0 atom stereocenters. The quantitative estimate of drug-likeness (QED) is 0.734. The molecule has 22 heavy (non-hydrogen) atoms. The first-order valence-electron chi connectivity index (χ1n) is 7.30. The van der Waals surface area contributed by atoms with Gasteiger partial charge >= 0.3 is 0 Å². The zero-order valence-corrected chi connectivity index (χ0v) is 13.6. The smallest absolute Gasteiger partial charge is 0.225 e. The van der Waals surface area contributed by atoms with Crippen LogP contribution in [0.15, 0.2) is 42.6 Å². The maximum Gasteiger partial charge on any atom is 0.225 e. The maximum atomic E-state index is 11.8. The number of benzene rings is 1. The highest BCUT2D eigenvalue weighted by Gasteiger charge is 2.07. The molecule has 2 rings (SSSR count). The number of carbonyl (C=O) groups is 1. The molecule has 0 fully saturated rings. The van der Waals surface area contributed by atoms with Crippen molar-refractivity contribution in [2.75, 3.05) is 18.9 Å². The fourth-order valence-electron chi connectivity index (χ4n) is 2.13. The Labute approximate surface area is 137 Å². The van der Waals surface area contributed by atoms with Gasteiger partial charge in [0.15, 0.2) is 0 Å². The van der Waals surface area contributed by atoms with Crippen LogP contribution in [0, 0.1) is 0 Å². The molecule has 0 aliphatic carbocycles. The lowest BCUT2D eigenvalue weighted by Gasteiger charge is -2.09. The summed E-state index contributed by atoms with van der Waals surface area (Å²) in [6.45, 7) is 1.60. The lowest BCUT2D eigenvalue weighted by Crippen LogP contribution is -2.18. The minimum atomic E-state index is 0. The number of hydrogen-bond donors (Lipinski definition) is 2. The van der Waals surface area contributed by atoms with E-state index in [9.17, 15) is 4.79 Å². The van der Waals surface area contributed by atoms with Gasteiger partial charge in [-0.3, -0.25) is 4.79 Å². The summed E-state index contributed by atoms with van der Waals surface area (Å²) >= 11 is 0. The Morgan fingerprint density at radius 3 is 2.73 bits per heavy atom. The molecule has 0 unspecified atom stereocenters. The van der Waals surface area contributed by atoms with Gasteiger partial charge in [-0.1, -0.05) is 30.3 Å². The molecule has 1 aromatic carbocycles. The molecule has 0 saturated heterocycles. The van der Waals surface area contributed by atoms with E-state index in [1.54, 1.807) is 6.20 Å². The van der Waals surface area contributed by atoms with Crippen LogP contribution in [0.4, 0.5) is 5.82 Å². The summed E-state index contributed by atoms with van der Waals surface area (Å²) in [6, 6.07) is 12.1. The summed E-state index contributed by atoms with van der Waals surface area (Å²) in [5, 5.41) is 10.2. The van der Waals surface area contributed by atoms with Crippen molar-refractivity contribution in [3.8, 4) is 0 Å². The molecule has 0 aliphatic heterocycles. The van der Waals surface area contributed by atoms with E-state index >= 15 is 0 Å². The van der Waals surface area contributed by atoms with Crippen LogP contribution in [0.3, 0.4) is 0 Å². The Morgan fingerprint density at radius 2 is 2.00 bits per heavy atom. The molecule has 1 amide bonds.